The number of imidazole rings is 1. The van der Waals surface area contributed by atoms with Gasteiger partial charge in [-0.25, -0.2) is 4.98 Å². The molecule has 0 radical (unpaired) electrons. The van der Waals surface area contributed by atoms with E-state index in [1.54, 1.807) is 13.2 Å². The van der Waals surface area contributed by atoms with Gasteiger partial charge >= 0.3 is 0 Å². The van der Waals surface area contributed by atoms with E-state index < -0.39 is 0 Å². The molecule has 0 fully saturated rings. The number of rotatable bonds is 2. The highest BCUT2D eigenvalue weighted by molar-refractivity contribution is 5.90. The van der Waals surface area contributed by atoms with Gasteiger partial charge < -0.3 is 15.1 Å². The van der Waals surface area contributed by atoms with Crippen molar-refractivity contribution in [3.8, 4) is 5.75 Å². The summed E-state index contributed by atoms with van der Waals surface area (Å²) in [6, 6.07) is 3.68. The largest absolute Gasteiger partial charge is 0.494 e. The Labute approximate surface area is 81.4 Å². The summed E-state index contributed by atoms with van der Waals surface area (Å²) in [6.45, 7) is 1.89. The summed E-state index contributed by atoms with van der Waals surface area (Å²) in [4.78, 5) is 7.42. The molecule has 2 rings (SSSR count). The average Bonchev–Trinajstić information content (AvgIpc) is 2.56. The van der Waals surface area contributed by atoms with E-state index in [0.717, 1.165) is 22.4 Å². The number of nitrogens with one attached hydrogen (secondary N) is 2. The van der Waals surface area contributed by atoms with Crippen LogP contribution in [0, 0.1) is 12.3 Å². The third-order valence-electron chi connectivity index (χ3n) is 2.08. The van der Waals surface area contributed by atoms with Crippen molar-refractivity contribution in [3.05, 3.63) is 23.5 Å². The SMILES string of the molecule is COc1cc(C=N)cc2[nH]c(C)nc12. The minimum atomic E-state index is 0.699. The monoisotopic (exact) mass is 189 g/mol. The first-order valence-electron chi connectivity index (χ1n) is 4.29. The van der Waals surface area contributed by atoms with Crippen molar-refractivity contribution in [1.82, 2.24) is 9.97 Å². The van der Waals surface area contributed by atoms with E-state index in [9.17, 15) is 0 Å². The number of aromatic amines is 1. The number of H-pyrrole nitrogens is 1. The lowest BCUT2D eigenvalue weighted by Crippen LogP contribution is -1.87. The van der Waals surface area contributed by atoms with Crippen LogP contribution in [0.4, 0.5) is 0 Å². The average molecular weight is 189 g/mol. The van der Waals surface area contributed by atoms with Crippen LogP contribution in [-0.4, -0.2) is 23.3 Å². The summed E-state index contributed by atoms with van der Waals surface area (Å²) in [5.41, 5.74) is 2.52. The molecule has 1 aromatic heterocycles. The van der Waals surface area contributed by atoms with Crippen molar-refractivity contribution in [2.75, 3.05) is 7.11 Å². The van der Waals surface area contributed by atoms with Crippen molar-refractivity contribution in [3.63, 3.8) is 0 Å². The van der Waals surface area contributed by atoms with E-state index in [-0.39, 0.29) is 0 Å². The number of nitrogens with zero attached hydrogens (tertiary/aromatic N) is 1. The van der Waals surface area contributed by atoms with Gasteiger partial charge in [-0.15, -0.1) is 0 Å². The molecule has 0 saturated carbocycles. The molecule has 4 heteroatoms. The minimum absolute atomic E-state index is 0.699. The molecule has 0 amide bonds. The first-order chi connectivity index (χ1) is 6.74. The third-order valence-corrected chi connectivity index (χ3v) is 2.08. The maximum Gasteiger partial charge on any atom is 0.147 e. The summed E-state index contributed by atoms with van der Waals surface area (Å²) in [5.74, 6) is 1.55. The summed E-state index contributed by atoms with van der Waals surface area (Å²) in [7, 11) is 1.60. The van der Waals surface area contributed by atoms with E-state index >= 15 is 0 Å². The molecule has 2 N–H and O–H groups in total. The Kier molecular flexibility index (Phi) is 1.96. The second kappa shape index (κ2) is 3.14. The van der Waals surface area contributed by atoms with E-state index in [2.05, 4.69) is 9.97 Å². The number of ether oxygens (including phenoxy) is 1. The number of fused-ring (bicyclic) bond motifs is 1. The Balaban J connectivity index is 2.78. The van der Waals surface area contributed by atoms with Gasteiger partial charge in [0.25, 0.3) is 0 Å². The fraction of sp³-hybridized carbons (Fsp3) is 0.200. The van der Waals surface area contributed by atoms with Gasteiger partial charge in [-0.1, -0.05) is 0 Å². The molecule has 72 valence electrons. The molecule has 1 heterocycles. The second-order valence-corrected chi connectivity index (χ2v) is 3.09. The van der Waals surface area contributed by atoms with E-state index in [1.807, 2.05) is 13.0 Å². The third kappa shape index (κ3) is 1.25. The van der Waals surface area contributed by atoms with Gasteiger partial charge in [0.2, 0.25) is 0 Å². The Bertz CT molecular complexity index is 487. The lowest BCUT2D eigenvalue weighted by molar-refractivity contribution is 0.419. The van der Waals surface area contributed by atoms with Crippen molar-refractivity contribution < 1.29 is 4.74 Å². The van der Waals surface area contributed by atoms with Crippen LogP contribution in [0.2, 0.25) is 0 Å². The van der Waals surface area contributed by atoms with Crippen LogP contribution in [0.25, 0.3) is 11.0 Å². The fourth-order valence-corrected chi connectivity index (χ4v) is 1.47. The minimum Gasteiger partial charge on any atom is -0.494 e. The van der Waals surface area contributed by atoms with Crippen molar-refractivity contribution in [2.24, 2.45) is 0 Å². The molecule has 0 spiro atoms. The van der Waals surface area contributed by atoms with Crippen LogP contribution in [-0.2, 0) is 0 Å². The smallest absolute Gasteiger partial charge is 0.147 e. The normalized spacial score (nSPS) is 10.4. The highest BCUT2D eigenvalue weighted by atomic mass is 16.5. The molecule has 4 nitrogen and oxygen atoms in total. The quantitative estimate of drug-likeness (QED) is 0.708. The number of methoxy groups -OCH3 is 1. The molecule has 0 unspecified atom stereocenters. The maximum absolute atomic E-state index is 7.18. The standard InChI is InChI=1S/C10H11N3O/c1-6-12-8-3-7(5-11)4-9(14-2)10(8)13-6/h3-5,11H,1-2H3,(H,12,13). The Hall–Kier alpha value is -1.84. The van der Waals surface area contributed by atoms with Gasteiger partial charge in [-0.2, -0.15) is 0 Å². The van der Waals surface area contributed by atoms with Gasteiger partial charge in [0.05, 0.1) is 12.6 Å². The van der Waals surface area contributed by atoms with E-state index in [1.165, 1.54) is 6.21 Å². The molecule has 0 aliphatic carbocycles. The Morgan fingerprint density at radius 2 is 2.29 bits per heavy atom. The highest BCUT2D eigenvalue weighted by Crippen LogP contribution is 2.24. The van der Waals surface area contributed by atoms with Gasteiger partial charge in [0.1, 0.15) is 17.1 Å². The molecular formula is C10H11N3O. The first kappa shape index (κ1) is 8.74. The van der Waals surface area contributed by atoms with Crippen LogP contribution in [0.5, 0.6) is 5.75 Å². The summed E-state index contributed by atoms with van der Waals surface area (Å²) >= 11 is 0. The van der Waals surface area contributed by atoms with Crippen LogP contribution < -0.4 is 4.74 Å². The van der Waals surface area contributed by atoms with E-state index in [4.69, 9.17) is 10.1 Å². The number of aromatic nitrogens is 2. The van der Waals surface area contributed by atoms with Gasteiger partial charge in [0, 0.05) is 6.21 Å². The number of aryl methyl sites for hydroxylation is 1. The van der Waals surface area contributed by atoms with Gasteiger partial charge in [0.15, 0.2) is 0 Å². The van der Waals surface area contributed by atoms with Crippen molar-refractivity contribution in [2.45, 2.75) is 6.92 Å². The first-order valence-corrected chi connectivity index (χ1v) is 4.29. The number of hydrogen-bond donors (Lipinski definition) is 2. The molecule has 0 atom stereocenters. The van der Waals surface area contributed by atoms with Crippen LogP contribution in [0.3, 0.4) is 0 Å². The zero-order chi connectivity index (χ0) is 10.1. The molecule has 14 heavy (non-hydrogen) atoms. The van der Waals surface area contributed by atoms with Crippen LogP contribution in [0.15, 0.2) is 12.1 Å². The van der Waals surface area contributed by atoms with Gasteiger partial charge in [-0.05, 0) is 24.6 Å². The van der Waals surface area contributed by atoms with Crippen LogP contribution in [0.1, 0.15) is 11.4 Å². The van der Waals surface area contributed by atoms with Gasteiger partial charge in [-0.3, -0.25) is 0 Å². The molecule has 1 aromatic carbocycles. The second-order valence-electron chi connectivity index (χ2n) is 3.09. The molecule has 0 aliphatic rings. The zero-order valence-electron chi connectivity index (χ0n) is 8.09. The topological polar surface area (TPSA) is 61.8 Å². The summed E-state index contributed by atoms with van der Waals surface area (Å²) in [6.07, 6.45) is 1.29. The Morgan fingerprint density at radius 3 is 2.93 bits per heavy atom. The zero-order valence-corrected chi connectivity index (χ0v) is 8.09. The summed E-state index contributed by atoms with van der Waals surface area (Å²) < 4.78 is 5.20. The van der Waals surface area contributed by atoms with Crippen molar-refractivity contribution >= 4 is 17.2 Å². The Morgan fingerprint density at radius 1 is 1.50 bits per heavy atom. The van der Waals surface area contributed by atoms with Crippen molar-refractivity contribution in [1.29, 1.82) is 5.41 Å². The van der Waals surface area contributed by atoms with E-state index in [0.29, 0.717) is 5.75 Å². The lowest BCUT2D eigenvalue weighted by Gasteiger charge is -2.01. The molecule has 0 aliphatic heterocycles. The predicted octanol–water partition coefficient (Wildman–Crippen LogP) is 1.88. The van der Waals surface area contributed by atoms with Crippen LogP contribution >= 0.6 is 0 Å². The predicted molar refractivity (Wildman–Crippen MR) is 55.3 cm³/mol. The molecule has 2 aromatic rings. The fourth-order valence-electron chi connectivity index (χ4n) is 1.47. The molecule has 0 bridgehead atoms. The molecule has 0 saturated heterocycles. The summed E-state index contributed by atoms with van der Waals surface area (Å²) in [5, 5.41) is 7.18. The number of benzene rings is 1. The number of hydrogen-bond acceptors (Lipinski definition) is 3. The maximum atomic E-state index is 7.18. The molecular weight excluding hydrogens is 178 g/mol. The lowest BCUT2D eigenvalue weighted by atomic mass is 10.2. The highest BCUT2D eigenvalue weighted by Gasteiger charge is 2.07.